The van der Waals surface area contributed by atoms with Crippen molar-refractivity contribution in [2.45, 2.75) is 6.42 Å². The maximum atomic E-state index is 5.33. The van der Waals surface area contributed by atoms with Crippen LogP contribution in [0.15, 0.2) is 22.8 Å². The molecular formula is C12H15BrN4O. The summed E-state index contributed by atoms with van der Waals surface area (Å²) < 4.78 is 8.13. The third-order valence-corrected chi connectivity index (χ3v) is 3.73. The van der Waals surface area contributed by atoms with E-state index < -0.39 is 0 Å². The van der Waals surface area contributed by atoms with E-state index in [1.807, 2.05) is 22.8 Å². The summed E-state index contributed by atoms with van der Waals surface area (Å²) in [6, 6.07) is 3.94. The topological polar surface area (TPSA) is 42.7 Å². The Labute approximate surface area is 114 Å². The summed E-state index contributed by atoms with van der Waals surface area (Å²) in [6.45, 7) is 4.69. The van der Waals surface area contributed by atoms with Gasteiger partial charge in [-0.15, -0.1) is 0 Å². The highest BCUT2D eigenvalue weighted by Gasteiger charge is 2.12. The van der Waals surface area contributed by atoms with Gasteiger partial charge in [0.05, 0.1) is 17.7 Å². The van der Waals surface area contributed by atoms with Gasteiger partial charge in [-0.25, -0.2) is 9.50 Å². The fourth-order valence-electron chi connectivity index (χ4n) is 2.11. The number of ether oxygens (including phenoxy) is 1. The third kappa shape index (κ3) is 2.55. The molecule has 0 atom stereocenters. The zero-order chi connectivity index (χ0) is 12.4. The van der Waals surface area contributed by atoms with Crippen molar-refractivity contribution in [1.29, 1.82) is 0 Å². The molecule has 3 rings (SSSR count). The summed E-state index contributed by atoms with van der Waals surface area (Å²) in [5, 5.41) is 4.48. The van der Waals surface area contributed by atoms with E-state index in [1.54, 1.807) is 0 Å². The minimum Gasteiger partial charge on any atom is -0.379 e. The highest BCUT2D eigenvalue weighted by atomic mass is 79.9. The number of hydrogen-bond acceptors (Lipinski definition) is 4. The molecule has 96 valence electrons. The van der Waals surface area contributed by atoms with E-state index >= 15 is 0 Å². The van der Waals surface area contributed by atoms with Gasteiger partial charge in [-0.1, -0.05) is 0 Å². The van der Waals surface area contributed by atoms with Gasteiger partial charge in [0.1, 0.15) is 0 Å². The van der Waals surface area contributed by atoms with Gasteiger partial charge in [0.2, 0.25) is 0 Å². The number of nitrogens with zero attached hydrogens (tertiary/aromatic N) is 4. The van der Waals surface area contributed by atoms with Gasteiger partial charge in [0.15, 0.2) is 11.5 Å². The molecule has 0 amide bonds. The van der Waals surface area contributed by atoms with Crippen LogP contribution >= 0.6 is 15.9 Å². The second kappa shape index (κ2) is 5.34. The minimum atomic E-state index is 0.837. The van der Waals surface area contributed by atoms with E-state index in [0.29, 0.717) is 0 Å². The van der Waals surface area contributed by atoms with Gasteiger partial charge in [0, 0.05) is 32.3 Å². The van der Waals surface area contributed by atoms with Crippen LogP contribution in [0.5, 0.6) is 0 Å². The smallest absolute Gasteiger partial charge is 0.169 e. The molecule has 18 heavy (non-hydrogen) atoms. The highest BCUT2D eigenvalue weighted by Crippen LogP contribution is 2.15. The lowest BCUT2D eigenvalue weighted by molar-refractivity contribution is 0.0382. The Morgan fingerprint density at radius 3 is 2.94 bits per heavy atom. The fourth-order valence-corrected chi connectivity index (χ4v) is 2.53. The van der Waals surface area contributed by atoms with Crippen molar-refractivity contribution in [2.24, 2.45) is 0 Å². The standard InChI is InChI=1S/C12H15BrN4O/c13-10-2-1-4-17-12(10)14-11(15-17)3-5-16-6-8-18-9-7-16/h1-2,4H,3,5-9H2. The van der Waals surface area contributed by atoms with Crippen LogP contribution in [0.1, 0.15) is 5.82 Å². The number of halogens is 1. The Kier molecular flexibility index (Phi) is 3.58. The summed E-state index contributed by atoms with van der Waals surface area (Å²) in [5.41, 5.74) is 0.884. The molecule has 5 nitrogen and oxygen atoms in total. The Morgan fingerprint density at radius 1 is 1.33 bits per heavy atom. The average Bonchev–Trinajstić information content (AvgIpc) is 2.82. The van der Waals surface area contributed by atoms with Gasteiger partial charge in [0.25, 0.3) is 0 Å². The molecule has 0 saturated carbocycles. The van der Waals surface area contributed by atoms with Crippen molar-refractivity contribution >= 4 is 21.6 Å². The molecule has 1 aliphatic heterocycles. The average molecular weight is 311 g/mol. The zero-order valence-corrected chi connectivity index (χ0v) is 11.6. The number of fused-ring (bicyclic) bond motifs is 1. The fraction of sp³-hybridized carbons (Fsp3) is 0.500. The molecule has 2 aromatic rings. The van der Waals surface area contributed by atoms with Crippen molar-refractivity contribution in [2.75, 3.05) is 32.8 Å². The molecule has 0 spiro atoms. The van der Waals surface area contributed by atoms with Crippen LogP contribution in [0, 0.1) is 0 Å². The summed E-state index contributed by atoms with van der Waals surface area (Å²) in [5.74, 6) is 0.897. The number of hydrogen-bond donors (Lipinski definition) is 0. The molecule has 0 unspecified atom stereocenters. The molecule has 1 fully saturated rings. The highest BCUT2D eigenvalue weighted by molar-refractivity contribution is 9.10. The molecule has 3 heterocycles. The van der Waals surface area contributed by atoms with Gasteiger partial charge in [-0.2, -0.15) is 5.10 Å². The quantitative estimate of drug-likeness (QED) is 0.858. The Hall–Kier alpha value is -0.980. The summed E-state index contributed by atoms with van der Waals surface area (Å²) in [4.78, 5) is 6.94. The van der Waals surface area contributed by atoms with Crippen LogP contribution in [0.3, 0.4) is 0 Å². The third-order valence-electron chi connectivity index (χ3n) is 3.11. The predicted molar refractivity (Wildman–Crippen MR) is 71.7 cm³/mol. The Morgan fingerprint density at radius 2 is 2.17 bits per heavy atom. The number of aromatic nitrogens is 3. The normalized spacial score (nSPS) is 17.4. The minimum absolute atomic E-state index is 0.837. The lowest BCUT2D eigenvalue weighted by atomic mass is 10.3. The van der Waals surface area contributed by atoms with Crippen LogP contribution in [0.2, 0.25) is 0 Å². The molecule has 0 N–H and O–H groups in total. The molecule has 0 bridgehead atoms. The first-order valence-corrected chi connectivity index (χ1v) is 6.92. The van der Waals surface area contributed by atoms with E-state index in [-0.39, 0.29) is 0 Å². The molecule has 6 heteroatoms. The zero-order valence-electron chi connectivity index (χ0n) is 10.0. The van der Waals surface area contributed by atoms with Crippen LogP contribution in [0.4, 0.5) is 0 Å². The molecule has 0 aromatic carbocycles. The van der Waals surface area contributed by atoms with Crippen molar-refractivity contribution < 1.29 is 4.74 Å². The van der Waals surface area contributed by atoms with E-state index in [4.69, 9.17) is 4.74 Å². The maximum absolute atomic E-state index is 5.33. The van der Waals surface area contributed by atoms with Crippen LogP contribution in [-0.2, 0) is 11.2 Å². The monoisotopic (exact) mass is 310 g/mol. The summed E-state index contributed by atoms with van der Waals surface area (Å²) in [7, 11) is 0. The first kappa shape index (κ1) is 12.1. The molecular weight excluding hydrogens is 296 g/mol. The SMILES string of the molecule is Brc1cccn2nc(CCN3CCOCC3)nc12. The second-order valence-corrected chi connectivity index (χ2v) is 5.21. The van der Waals surface area contributed by atoms with E-state index in [9.17, 15) is 0 Å². The number of rotatable bonds is 3. The van der Waals surface area contributed by atoms with E-state index in [1.165, 1.54) is 0 Å². The van der Waals surface area contributed by atoms with Gasteiger partial charge in [-0.3, -0.25) is 4.90 Å². The number of morpholine rings is 1. The molecule has 1 saturated heterocycles. The molecule has 2 aromatic heterocycles. The van der Waals surface area contributed by atoms with Gasteiger partial charge >= 0.3 is 0 Å². The van der Waals surface area contributed by atoms with E-state index in [2.05, 4.69) is 30.9 Å². The van der Waals surface area contributed by atoms with Crippen molar-refractivity contribution in [3.05, 3.63) is 28.6 Å². The first-order chi connectivity index (χ1) is 8.83. The Bertz CT molecular complexity index is 536. The van der Waals surface area contributed by atoms with Gasteiger partial charge < -0.3 is 4.74 Å². The second-order valence-electron chi connectivity index (χ2n) is 4.36. The first-order valence-electron chi connectivity index (χ1n) is 6.13. The van der Waals surface area contributed by atoms with Crippen molar-refractivity contribution in [1.82, 2.24) is 19.5 Å². The summed E-state index contributed by atoms with van der Waals surface area (Å²) in [6.07, 6.45) is 2.81. The van der Waals surface area contributed by atoms with Crippen LogP contribution in [0.25, 0.3) is 5.65 Å². The lowest BCUT2D eigenvalue weighted by Gasteiger charge is -2.25. The molecule has 1 aliphatic rings. The van der Waals surface area contributed by atoms with Crippen molar-refractivity contribution in [3.8, 4) is 0 Å². The number of pyridine rings is 1. The van der Waals surface area contributed by atoms with Crippen LogP contribution < -0.4 is 0 Å². The van der Waals surface area contributed by atoms with Crippen LogP contribution in [-0.4, -0.2) is 52.3 Å². The molecule has 0 radical (unpaired) electrons. The molecule has 0 aliphatic carbocycles. The predicted octanol–water partition coefficient (Wildman–Crippen LogP) is 1.37. The lowest BCUT2D eigenvalue weighted by Crippen LogP contribution is -2.37. The maximum Gasteiger partial charge on any atom is 0.169 e. The Balaban J connectivity index is 1.69. The van der Waals surface area contributed by atoms with Gasteiger partial charge in [-0.05, 0) is 28.1 Å². The van der Waals surface area contributed by atoms with E-state index in [0.717, 1.165) is 55.2 Å². The van der Waals surface area contributed by atoms with Crippen molar-refractivity contribution in [3.63, 3.8) is 0 Å². The summed E-state index contributed by atoms with van der Waals surface area (Å²) >= 11 is 3.49. The largest absolute Gasteiger partial charge is 0.379 e.